The fourth-order valence-electron chi connectivity index (χ4n) is 1.80. The number of hydrogen-bond donors (Lipinski definition) is 3. The van der Waals surface area contributed by atoms with Crippen LogP contribution in [0.1, 0.15) is 41.5 Å². The van der Waals surface area contributed by atoms with Gasteiger partial charge in [0, 0.05) is 30.2 Å². The van der Waals surface area contributed by atoms with Gasteiger partial charge in [0.25, 0.3) is 0 Å². The predicted molar refractivity (Wildman–Crippen MR) is 84.2 cm³/mol. The van der Waals surface area contributed by atoms with Crippen molar-refractivity contribution >= 4 is 24.6 Å². The molecule has 0 aromatic rings. The summed E-state index contributed by atoms with van der Waals surface area (Å²) in [7, 11) is 0. The topological polar surface area (TPSA) is 107 Å². The summed E-state index contributed by atoms with van der Waals surface area (Å²) < 4.78 is 0. The van der Waals surface area contributed by atoms with Crippen molar-refractivity contribution in [2.24, 2.45) is 5.73 Å². The predicted octanol–water partition coefficient (Wildman–Crippen LogP) is 2.29. The number of rotatable bonds is 4. The van der Waals surface area contributed by atoms with Crippen molar-refractivity contribution < 1.29 is 19.8 Å². The van der Waals surface area contributed by atoms with Gasteiger partial charge in [0.2, 0.25) is 0 Å². The minimum Gasteiger partial charge on any atom is -0.465 e. The molecule has 4 N–H and O–H groups in total. The number of carbonyl (C=O) groups is 2. The zero-order chi connectivity index (χ0) is 16.3. The molecule has 0 aliphatic heterocycles. The van der Waals surface area contributed by atoms with Gasteiger partial charge < -0.3 is 25.7 Å². The van der Waals surface area contributed by atoms with Crippen LogP contribution in [0, 0.1) is 0 Å². The lowest BCUT2D eigenvalue weighted by atomic mass is 10.0. The molecule has 0 aliphatic carbocycles. The van der Waals surface area contributed by atoms with Gasteiger partial charge in [-0.2, -0.15) is 0 Å². The quantitative estimate of drug-likeness (QED) is 0.735. The zero-order valence-corrected chi connectivity index (χ0v) is 14.4. The van der Waals surface area contributed by atoms with Gasteiger partial charge >= 0.3 is 12.2 Å². The Bertz CT molecular complexity index is 329. The van der Waals surface area contributed by atoms with Gasteiger partial charge in [-0.25, -0.2) is 9.59 Å². The third kappa shape index (κ3) is 7.38. The molecule has 21 heavy (non-hydrogen) atoms. The number of amides is 2. The Morgan fingerprint density at radius 2 is 1.14 bits per heavy atom. The molecule has 0 fully saturated rings. The molecule has 0 heterocycles. The number of carboxylic acid groups (broad SMARTS) is 2. The van der Waals surface area contributed by atoms with Crippen molar-refractivity contribution in [2.75, 3.05) is 13.1 Å². The van der Waals surface area contributed by atoms with E-state index in [1.165, 1.54) is 9.80 Å². The van der Waals surface area contributed by atoms with E-state index in [4.69, 9.17) is 5.73 Å². The van der Waals surface area contributed by atoms with Crippen LogP contribution < -0.4 is 5.73 Å². The number of hydrogen-bond acceptors (Lipinski definition) is 3. The average molecular weight is 326 g/mol. The summed E-state index contributed by atoms with van der Waals surface area (Å²) in [6.45, 7) is 10.8. The third-order valence-corrected chi connectivity index (χ3v) is 2.92. The highest BCUT2D eigenvalue weighted by Gasteiger charge is 2.31. The standard InChI is InChI=1S/C13H27N3O4.ClH/c1-12(2,3)15(10(17)18)7-9(14)8-16(11(19)20)13(4,5)6;/h9H,7-8,14H2,1-6H3,(H,17,18)(H,19,20);1H. The highest BCUT2D eigenvalue weighted by Crippen LogP contribution is 2.16. The van der Waals surface area contributed by atoms with Crippen LogP contribution in [0.15, 0.2) is 0 Å². The van der Waals surface area contributed by atoms with Crippen LogP contribution in [0.25, 0.3) is 0 Å². The van der Waals surface area contributed by atoms with Crippen molar-refractivity contribution in [1.29, 1.82) is 0 Å². The number of nitrogens with zero attached hydrogens (tertiary/aromatic N) is 2. The molecule has 2 amide bonds. The summed E-state index contributed by atoms with van der Waals surface area (Å²) in [5.41, 5.74) is 4.77. The van der Waals surface area contributed by atoms with Crippen molar-refractivity contribution in [3.05, 3.63) is 0 Å². The second kappa shape index (κ2) is 7.70. The van der Waals surface area contributed by atoms with Gasteiger partial charge in [0.1, 0.15) is 0 Å². The van der Waals surface area contributed by atoms with Crippen LogP contribution in [0.4, 0.5) is 9.59 Å². The average Bonchev–Trinajstić information content (AvgIpc) is 2.18. The van der Waals surface area contributed by atoms with E-state index in [1.807, 2.05) is 0 Å². The lowest BCUT2D eigenvalue weighted by Gasteiger charge is -2.38. The van der Waals surface area contributed by atoms with E-state index < -0.39 is 29.3 Å². The zero-order valence-electron chi connectivity index (χ0n) is 13.6. The van der Waals surface area contributed by atoms with Gasteiger partial charge in [-0.3, -0.25) is 0 Å². The van der Waals surface area contributed by atoms with E-state index in [-0.39, 0.29) is 25.5 Å². The Kier molecular flexibility index (Phi) is 8.10. The molecule has 0 atom stereocenters. The minimum absolute atomic E-state index is 0. The van der Waals surface area contributed by atoms with Crippen molar-refractivity contribution in [3.63, 3.8) is 0 Å². The molecule has 0 radical (unpaired) electrons. The molecule has 0 aromatic heterocycles. The number of halogens is 1. The van der Waals surface area contributed by atoms with E-state index in [9.17, 15) is 19.8 Å². The van der Waals surface area contributed by atoms with Gasteiger partial charge in [-0.15, -0.1) is 12.4 Å². The Labute approximate surface area is 132 Å². The summed E-state index contributed by atoms with van der Waals surface area (Å²) in [5, 5.41) is 18.4. The van der Waals surface area contributed by atoms with Gasteiger partial charge in [-0.1, -0.05) is 0 Å². The van der Waals surface area contributed by atoms with E-state index >= 15 is 0 Å². The summed E-state index contributed by atoms with van der Waals surface area (Å²) in [4.78, 5) is 24.9. The first-order chi connectivity index (χ1) is 8.76. The fourth-order valence-corrected chi connectivity index (χ4v) is 1.80. The molecule has 0 spiro atoms. The monoisotopic (exact) mass is 325 g/mol. The van der Waals surface area contributed by atoms with Crippen LogP contribution in [0.2, 0.25) is 0 Å². The molecule has 0 saturated heterocycles. The maximum absolute atomic E-state index is 11.2. The van der Waals surface area contributed by atoms with Crippen LogP contribution in [-0.2, 0) is 0 Å². The smallest absolute Gasteiger partial charge is 0.407 e. The van der Waals surface area contributed by atoms with Gasteiger partial charge in [-0.05, 0) is 41.5 Å². The highest BCUT2D eigenvalue weighted by atomic mass is 35.5. The molecular formula is C13H28ClN3O4. The Morgan fingerprint density at radius 1 is 0.905 bits per heavy atom. The Morgan fingerprint density at radius 3 is 1.29 bits per heavy atom. The maximum atomic E-state index is 11.2. The molecule has 7 nitrogen and oxygen atoms in total. The molecule has 0 saturated carbocycles. The molecule has 8 heteroatoms. The summed E-state index contributed by atoms with van der Waals surface area (Å²) >= 11 is 0. The second-order valence-corrected chi connectivity index (χ2v) is 6.89. The van der Waals surface area contributed by atoms with Crippen molar-refractivity contribution in [2.45, 2.75) is 58.7 Å². The molecule has 0 bridgehead atoms. The van der Waals surface area contributed by atoms with Crippen LogP contribution in [0.3, 0.4) is 0 Å². The minimum atomic E-state index is -1.06. The molecule has 0 unspecified atom stereocenters. The molecule has 0 rings (SSSR count). The van der Waals surface area contributed by atoms with E-state index in [0.29, 0.717) is 0 Å². The molecule has 126 valence electrons. The molecule has 0 aromatic carbocycles. The van der Waals surface area contributed by atoms with E-state index in [0.717, 1.165) is 0 Å². The maximum Gasteiger partial charge on any atom is 0.407 e. The first-order valence-corrected chi connectivity index (χ1v) is 6.53. The first-order valence-electron chi connectivity index (χ1n) is 6.53. The van der Waals surface area contributed by atoms with E-state index in [2.05, 4.69) is 0 Å². The Hall–Kier alpha value is -1.21. The highest BCUT2D eigenvalue weighted by molar-refractivity contribution is 5.85. The Balaban J connectivity index is 0. The third-order valence-electron chi connectivity index (χ3n) is 2.92. The summed E-state index contributed by atoms with van der Waals surface area (Å²) in [6.07, 6.45) is -2.13. The molecule has 0 aliphatic rings. The summed E-state index contributed by atoms with van der Waals surface area (Å²) in [5.74, 6) is 0. The van der Waals surface area contributed by atoms with Gasteiger partial charge in [0.05, 0.1) is 0 Å². The number of nitrogens with two attached hydrogens (primary N) is 1. The van der Waals surface area contributed by atoms with Crippen LogP contribution in [0.5, 0.6) is 0 Å². The lowest BCUT2D eigenvalue weighted by Crippen LogP contribution is -2.56. The lowest BCUT2D eigenvalue weighted by molar-refractivity contribution is 0.0766. The van der Waals surface area contributed by atoms with Crippen molar-refractivity contribution in [1.82, 2.24) is 9.80 Å². The van der Waals surface area contributed by atoms with Crippen molar-refractivity contribution in [3.8, 4) is 0 Å². The SMILES string of the molecule is CC(C)(C)N(CC(N)CN(C(=O)O)C(C)(C)C)C(=O)O.Cl. The first kappa shape index (κ1) is 22.1. The van der Waals surface area contributed by atoms with E-state index in [1.54, 1.807) is 41.5 Å². The normalized spacial score (nSPS) is 11.8. The van der Waals surface area contributed by atoms with Crippen LogP contribution >= 0.6 is 12.4 Å². The molecular weight excluding hydrogens is 298 g/mol. The van der Waals surface area contributed by atoms with Gasteiger partial charge in [0.15, 0.2) is 0 Å². The largest absolute Gasteiger partial charge is 0.465 e. The second-order valence-electron chi connectivity index (χ2n) is 6.89. The van der Waals surface area contributed by atoms with Crippen LogP contribution in [-0.4, -0.2) is 62.4 Å². The summed E-state index contributed by atoms with van der Waals surface area (Å²) in [6, 6.07) is -0.583. The fraction of sp³-hybridized carbons (Fsp3) is 0.846.